The van der Waals surface area contributed by atoms with E-state index in [0.29, 0.717) is 5.02 Å². The number of nitrogens with one attached hydrogen (secondary N) is 2. The third-order valence-corrected chi connectivity index (χ3v) is 6.38. The molecule has 3 N–H and O–H groups in total. The van der Waals surface area contributed by atoms with Gasteiger partial charge in [-0.1, -0.05) is 41.6 Å². The lowest BCUT2D eigenvalue weighted by molar-refractivity contribution is 0.221. The average Bonchev–Trinajstić information content (AvgIpc) is 3.26. The highest BCUT2D eigenvalue weighted by Gasteiger charge is 2.17. The van der Waals surface area contributed by atoms with Crippen LogP contribution in [0.3, 0.4) is 0 Å². The molecule has 0 aliphatic carbocycles. The van der Waals surface area contributed by atoms with Gasteiger partial charge in [-0.05, 0) is 76.0 Å². The van der Waals surface area contributed by atoms with E-state index < -0.39 is 6.10 Å². The van der Waals surface area contributed by atoms with E-state index in [0.717, 1.165) is 27.1 Å². The maximum absolute atomic E-state index is 11.0. The van der Waals surface area contributed by atoms with Crippen molar-refractivity contribution in [3.05, 3.63) is 94.7 Å². The van der Waals surface area contributed by atoms with Crippen LogP contribution in [0, 0.1) is 0 Å². The van der Waals surface area contributed by atoms with Crippen LogP contribution in [0.4, 0.5) is 0 Å². The van der Waals surface area contributed by atoms with E-state index in [1.54, 1.807) is 42.2 Å². The first-order valence-corrected chi connectivity index (χ1v) is 10.8. The molecule has 0 spiro atoms. The van der Waals surface area contributed by atoms with E-state index in [9.17, 15) is 5.11 Å². The summed E-state index contributed by atoms with van der Waals surface area (Å²) in [5, 5.41) is 16.9. The van der Waals surface area contributed by atoms with Gasteiger partial charge in [0, 0.05) is 28.5 Å². The number of nitrogens with zero attached hydrogens (tertiary/aromatic N) is 1. The summed E-state index contributed by atoms with van der Waals surface area (Å²) in [6.45, 7) is 0. The van der Waals surface area contributed by atoms with Gasteiger partial charge in [-0.3, -0.25) is 4.98 Å². The number of hydrogen-bond donors (Lipinski definition) is 3. The minimum Gasteiger partial charge on any atom is -0.384 e. The normalized spacial score (nSPS) is 16.7. The minimum absolute atomic E-state index is 0.173. The second-order valence-electron chi connectivity index (χ2n) is 6.14. The quantitative estimate of drug-likeness (QED) is 0.472. The molecular formula is C21H18ClN3OS2. The zero-order valence-electron chi connectivity index (χ0n) is 14.7. The van der Waals surface area contributed by atoms with Crippen molar-refractivity contribution >= 4 is 35.3 Å². The Bertz CT molecular complexity index is 959. The molecule has 4 nitrogen and oxygen atoms in total. The second-order valence-corrected chi connectivity index (χ2v) is 8.51. The van der Waals surface area contributed by atoms with Gasteiger partial charge in [0.25, 0.3) is 0 Å². The van der Waals surface area contributed by atoms with Crippen LogP contribution in [0.15, 0.2) is 83.5 Å². The van der Waals surface area contributed by atoms with E-state index in [4.69, 9.17) is 11.6 Å². The van der Waals surface area contributed by atoms with Crippen molar-refractivity contribution in [2.45, 2.75) is 16.5 Å². The molecule has 0 fully saturated rings. The summed E-state index contributed by atoms with van der Waals surface area (Å²) in [7, 11) is 0. The molecule has 0 bridgehead atoms. The molecule has 2 aromatic carbocycles. The van der Waals surface area contributed by atoms with Crippen molar-refractivity contribution in [1.82, 2.24) is 15.0 Å². The topological polar surface area (TPSA) is 57.2 Å². The molecule has 1 aromatic heterocycles. The van der Waals surface area contributed by atoms with Gasteiger partial charge >= 0.3 is 0 Å². The summed E-state index contributed by atoms with van der Waals surface area (Å²) >= 11 is 9.45. The SMILES string of the molecule is OC(c1ccc(SNC2NC=CS2)cc1)c1ccc(Cl)cc1-c1ccncc1. The van der Waals surface area contributed by atoms with Crippen LogP contribution in [0.25, 0.3) is 11.1 Å². The highest BCUT2D eigenvalue weighted by Crippen LogP contribution is 2.34. The molecule has 3 aromatic rings. The number of thioether (sulfide) groups is 1. The first kappa shape index (κ1) is 19.4. The van der Waals surface area contributed by atoms with Crippen molar-refractivity contribution in [2.75, 3.05) is 0 Å². The van der Waals surface area contributed by atoms with Crippen LogP contribution >= 0.6 is 35.3 Å². The predicted molar refractivity (Wildman–Crippen MR) is 118 cm³/mol. The summed E-state index contributed by atoms with van der Waals surface area (Å²) in [5.41, 5.74) is 3.69. The van der Waals surface area contributed by atoms with Crippen LogP contribution in [0.2, 0.25) is 5.02 Å². The van der Waals surface area contributed by atoms with Gasteiger partial charge in [0.1, 0.15) is 11.6 Å². The summed E-state index contributed by atoms with van der Waals surface area (Å²) in [4.78, 5) is 5.15. The van der Waals surface area contributed by atoms with Gasteiger partial charge in [0.05, 0.1) is 0 Å². The number of aromatic nitrogens is 1. The maximum atomic E-state index is 11.0. The fourth-order valence-corrected chi connectivity index (χ4v) is 4.51. The lowest BCUT2D eigenvalue weighted by atomic mass is 9.93. The summed E-state index contributed by atoms with van der Waals surface area (Å²) < 4.78 is 3.34. The number of benzene rings is 2. The Kier molecular flexibility index (Phi) is 6.24. The number of aliphatic hydroxyl groups is 1. The molecule has 0 amide bonds. The standard InChI is InChI=1S/C21H18ClN3OS2/c22-16-3-6-18(19(13-16)14-7-9-23-10-8-14)20(26)15-1-4-17(5-2-15)28-25-21-24-11-12-27-21/h1-13,20-21,24-26H. The van der Waals surface area contributed by atoms with Crippen LogP contribution in [0.5, 0.6) is 0 Å². The van der Waals surface area contributed by atoms with E-state index in [2.05, 4.69) is 15.0 Å². The Balaban J connectivity index is 1.53. The Hall–Kier alpha value is -1.96. The van der Waals surface area contributed by atoms with Gasteiger partial charge in [0.15, 0.2) is 0 Å². The Morgan fingerprint density at radius 1 is 1.11 bits per heavy atom. The molecule has 28 heavy (non-hydrogen) atoms. The Labute approximate surface area is 177 Å². The summed E-state index contributed by atoms with van der Waals surface area (Å²) in [5.74, 6) is 0. The largest absolute Gasteiger partial charge is 0.384 e. The van der Waals surface area contributed by atoms with Gasteiger partial charge < -0.3 is 10.4 Å². The smallest absolute Gasteiger partial charge is 0.138 e. The van der Waals surface area contributed by atoms with Gasteiger partial charge in [-0.25, -0.2) is 4.72 Å². The zero-order valence-corrected chi connectivity index (χ0v) is 17.1. The molecular weight excluding hydrogens is 410 g/mol. The number of halogens is 1. The summed E-state index contributed by atoms with van der Waals surface area (Å²) in [6.07, 6.45) is 4.65. The molecule has 0 saturated heterocycles. The average molecular weight is 428 g/mol. The number of aliphatic hydroxyl groups excluding tert-OH is 1. The minimum atomic E-state index is -0.747. The molecule has 1 aliphatic heterocycles. The molecule has 2 heterocycles. The third kappa shape index (κ3) is 4.54. The number of hydrogen-bond acceptors (Lipinski definition) is 6. The molecule has 0 radical (unpaired) electrons. The van der Waals surface area contributed by atoms with Crippen LogP contribution in [-0.4, -0.2) is 15.6 Å². The van der Waals surface area contributed by atoms with E-state index in [1.165, 1.54) is 0 Å². The van der Waals surface area contributed by atoms with Crippen molar-refractivity contribution in [3.63, 3.8) is 0 Å². The highest BCUT2D eigenvalue weighted by molar-refractivity contribution is 8.04. The van der Waals surface area contributed by atoms with Crippen LogP contribution < -0.4 is 10.0 Å². The number of rotatable bonds is 6. The number of pyridine rings is 1. The maximum Gasteiger partial charge on any atom is 0.138 e. The first-order chi connectivity index (χ1) is 13.7. The molecule has 2 atom stereocenters. The molecule has 7 heteroatoms. The molecule has 1 aliphatic rings. The lowest BCUT2D eigenvalue weighted by Crippen LogP contribution is -2.28. The van der Waals surface area contributed by atoms with Crippen LogP contribution in [-0.2, 0) is 0 Å². The van der Waals surface area contributed by atoms with E-state index >= 15 is 0 Å². The highest BCUT2D eigenvalue weighted by atomic mass is 35.5. The molecule has 2 unspecified atom stereocenters. The molecule has 142 valence electrons. The van der Waals surface area contributed by atoms with Gasteiger partial charge in [-0.2, -0.15) is 0 Å². The monoisotopic (exact) mass is 427 g/mol. The fraction of sp³-hybridized carbons (Fsp3) is 0.0952. The fourth-order valence-electron chi connectivity index (χ4n) is 2.91. The van der Waals surface area contributed by atoms with E-state index in [-0.39, 0.29) is 5.50 Å². The van der Waals surface area contributed by atoms with Crippen molar-refractivity contribution < 1.29 is 5.11 Å². The van der Waals surface area contributed by atoms with Crippen molar-refractivity contribution in [2.24, 2.45) is 0 Å². The van der Waals surface area contributed by atoms with Crippen LogP contribution in [0.1, 0.15) is 17.2 Å². The van der Waals surface area contributed by atoms with E-state index in [1.807, 2.05) is 60.1 Å². The first-order valence-electron chi connectivity index (χ1n) is 8.67. The Morgan fingerprint density at radius 3 is 2.61 bits per heavy atom. The Morgan fingerprint density at radius 2 is 1.89 bits per heavy atom. The predicted octanol–water partition coefficient (Wildman–Crippen LogP) is 5.17. The second kappa shape index (κ2) is 9.03. The van der Waals surface area contributed by atoms with Crippen molar-refractivity contribution in [1.29, 1.82) is 0 Å². The zero-order chi connectivity index (χ0) is 19.3. The van der Waals surface area contributed by atoms with Crippen molar-refractivity contribution in [3.8, 4) is 11.1 Å². The van der Waals surface area contributed by atoms with Gasteiger partial charge in [0.2, 0.25) is 0 Å². The third-order valence-electron chi connectivity index (χ3n) is 4.31. The summed E-state index contributed by atoms with van der Waals surface area (Å²) in [6, 6.07) is 17.3. The lowest BCUT2D eigenvalue weighted by Gasteiger charge is -2.17. The molecule has 4 rings (SSSR count). The molecule has 0 saturated carbocycles. The van der Waals surface area contributed by atoms with Gasteiger partial charge in [-0.15, -0.1) is 0 Å².